The maximum atomic E-state index is 5.40. The molecule has 0 unspecified atom stereocenters. The van der Waals surface area contributed by atoms with Gasteiger partial charge in [0.25, 0.3) is 0 Å². The fourth-order valence-corrected chi connectivity index (χ4v) is 1.62. The first-order chi connectivity index (χ1) is 9.24. The Labute approximate surface area is 112 Å². The number of nitrogens with one attached hydrogen (secondary N) is 1. The normalized spacial score (nSPS) is 10.2. The molecule has 0 spiro atoms. The van der Waals surface area contributed by atoms with Gasteiger partial charge in [-0.2, -0.15) is 0 Å². The lowest BCUT2D eigenvalue weighted by Crippen LogP contribution is -2.10. The van der Waals surface area contributed by atoms with Gasteiger partial charge in [-0.3, -0.25) is 0 Å². The number of hydrogen-bond acceptors (Lipinski definition) is 6. The molecule has 2 heterocycles. The number of anilines is 1. The smallest absolute Gasteiger partial charge is 0.316 e. The number of ether oxygens (including phenoxy) is 1. The van der Waals surface area contributed by atoms with E-state index in [0.29, 0.717) is 12.6 Å². The van der Waals surface area contributed by atoms with Crippen molar-refractivity contribution < 1.29 is 4.74 Å². The molecule has 2 aromatic heterocycles. The monoisotopic (exact) mass is 259 g/mol. The summed E-state index contributed by atoms with van der Waals surface area (Å²) in [7, 11) is 0. The predicted molar refractivity (Wildman–Crippen MR) is 72.1 cm³/mol. The summed E-state index contributed by atoms with van der Waals surface area (Å²) in [6.45, 7) is 5.19. The summed E-state index contributed by atoms with van der Waals surface area (Å²) >= 11 is 0. The lowest BCUT2D eigenvalue weighted by molar-refractivity contribution is 0.290. The highest BCUT2D eigenvalue weighted by Crippen LogP contribution is 2.05. The van der Waals surface area contributed by atoms with E-state index >= 15 is 0 Å². The minimum atomic E-state index is 0.413. The van der Waals surface area contributed by atoms with Crippen LogP contribution >= 0.6 is 0 Å². The van der Waals surface area contributed by atoms with Crippen molar-refractivity contribution in [1.82, 2.24) is 19.9 Å². The number of aryl methyl sites for hydroxylation is 2. The fraction of sp³-hybridized carbons (Fsp3) is 0.385. The molecule has 0 atom stereocenters. The van der Waals surface area contributed by atoms with Gasteiger partial charge in [-0.15, -0.1) is 0 Å². The molecule has 0 amide bonds. The van der Waals surface area contributed by atoms with Crippen LogP contribution in [0, 0.1) is 13.8 Å². The van der Waals surface area contributed by atoms with Crippen molar-refractivity contribution in [2.45, 2.75) is 20.3 Å². The van der Waals surface area contributed by atoms with Gasteiger partial charge in [0.2, 0.25) is 0 Å². The molecule has 0 aliphatic heterocycles. The molecule has 0 fully saturated rings. The van der Waals surface area contributed by atoms with Crippen molar-refractivity contribution in [1.29, 1.82) is 0 Å². The van der Waals surface area contributed by atoms with E-state index in [1.807, 2.05) is 19.9 Å². The van der Waals surface area contributed by atoms with E-state index < -0.39 is 0 Å². The van der Waals surface area contributed by atoms with Crippen molar-refractivity contribution in [3.05, 3.63) is 36.0 Å². The summed E-state index contributed by atoms with van der Waals surface area (Å²) in [6, 6.07) is 4.10. The van der Waals surface area contributed by atoms with Gasteiger partial charge < -0.3 is 10.1 Å². The van der Waals surface area contributed by atoms with Crippen molar-refractivity contribution >= 4 is 5.82 Å². The second-order valence-electron chi connectivity index (χ2n) is 4.10. The van der Waals surface area contributed by atoms with Crippen molar-refractivity contribution in [3.63, 3.8) is 0 Å². The predicted octanol–water partition coefficient (Wildman–Crippen LogP) is 1.76. The first-order valence-electron chi connectivity index (χ1n) is 6.20. The van der Waals surface area contributed by atoms with Crippen LogP contribution in [0.1, 0.15) is 17.9 Å². The maximum Gasteiger partial charge on any atom is 0.316 e. The number of aromatic nitrogens is 4. The van der Waals surface area contributed by atoms with E-state index in [-0.39, 0.29) is 0 Å². The second kappa shape index (κ2) is 6.63. The van der Waals surface area contributed by atoms with E-state index in [1.165, 1.54) is 0 Å². The molecule has 0 radical (unpaired) electrons. The molecule has 0 aliphatic carbocycles. The van der Waals surface area contributed by atoms with E-state index in [2.05, 4.69) is 25.3 Å². The minimum absolute atomic E-state index is 0.413. The molecule has 6 heteroatoms. The highest BCUT2D eigenvalue weighted by molar-refractivity contribution is 5.35. The molecule has 1 N–H and O–H groups in total. The van der Waals surface area contributed by atoms with Gasteiger partial charge in [0, 0.05) is 30.7 Å². The number of hydrogen-bond donors (Lipinski definition) is 1. The summed E-state index contributed by atoms with van der Waals surface area (Å²) in [6.07, 6.45) is 4.17. The van der Waals surface area contributed by atoms with Crippen LogP contribution in [0.2, 0.25) is 0 Å². The largest absolute Gasteiger partial charge is 0.463 e. The zero-order valence-electron chi connectivity index (χ0n) is 11.1. The average Bonchev–Trinajstić information content (AvgIpc) is 2.38. The van der Waals surface area contributed by atoms with E-state index in [1.54, 1.807) is 18.5 Å². The minimum Gasteiger partial charge on any atom is -0.463 e. The van der Waals surface area contributed by atoms with Gasteiger partial charge in [-0.05, 0) is 26.3 Å². The Morgan fingerprint density at radius 3 is 2.68 bits per heavy atom. The molecular formula is C13H17N5O. The van der Waals surface area contributed by atoms with E-state index in [0.717, 1.165) is 30.3 Å². The Kier molecular flexibility index (Phi) is 4.60. The summed E-state index contributed by atoms with van der Waals surface area (Å²) in [5.74, 6) is 1.62. The molecule has 6 nitrogen and oxygen atoms in total. The molecule has 0 aromatic carbocycles. The summed E-state index contributed by atoms with van der Waals surface area (Å²) < 4.78 is 5.40. The van der Waals surface area contributed by atoms with Gasteiger partial charge in [0.1, 0.15) is 11.6 Å². The Morgan fingerprint density at radius 2 is 1.95 bits per heavy atom. The first kappa shape index (κ1) is 13.2. The topological polar surface area (TPSA) is 72.8 Å². The van der Waals surface area contributed by atoms with Gasteiger partial charge in [0.15, 0.2) is 0 Å². The van der Waals surface area contributed by atoms with Crippen LogP contribution in [-0.4, -0.2) is 33.1 Å². The third kappa shape index (κ3) is 4.50. The molecule has 19 heavy (non-hydrogen) atoms. The maximum absolute atomic E-state index is 5.40. The number of nitrogens with zero attached hydrogens (tertiary/aromatic N) is 4. The molecule has 2 rings (SSSR count). The van der Waals surface area contributed by atoms with Crippen LogP contribution < -0.4 is 10.1 Å². The third-order valence-corrected chi connectivity index (χ3v) is 2.37. The standard InChI is InChI=1S/C13H17N5O/c1-10-9-12(18-11(2)17-10)14-7-4-8-19-13-15-5-3-6-16-13/h3,5-6,9H,4,7-8H2,1-2H3,(H,14,17,18). The Morgan fingerprint density at radius 1 is 1.16 bits per heavy atom. The summed E-state index contributed by atoms with van der Waals surface area (Å²) in [5.41, 5.74) is 0.962. The van der Waals surface area contributed by atoms with Crippen molar-refractivity contribution in [2.24, 2.45) is 0 Å². The quantitative estimate of drug-likeness (QED) is 0.797. The lowest BCUT2D eigenvalue weighted by atomic mass is 10.4. The van der Waals surface area contributed by atoms with Crippen LogP contribution in [0.15, 0.2) is 24.5 Å². The van der Waals surface area contributed by atoms with E-state index in [9.17, 15) is 0 Å². The Hall–Kier alpha value is -2.24. The van der Waals surface area contributed by atoms with Crippen LogP contribution in [0.3, 0.4) is 0 Å². The van der Waals surface area contributed by atoms with Crippen LogP contribution in [0.4, 0.5) is 5.82 Å². The third-order valence-electron chi connectivity index (χ3n) is 2.37. The fourth-order valence-electron chi connectivity index (χ4n) is 1.62. The average molecular weight is 259 g/mol. The number of rotatable bonds is 6. The Bertz CT molecular complexity index is 497. The highest BCUT2D eigenvalue weighted by Gasteiger charge is 1.98. The molecule has 0 saturated heterocycles. The molecule has 2 aromatic rings. The molecule has 0 aliphatic rings. The summed E-state index contributed by atoms with van der Waals surface area (Å²) in [5, 5.41) is 3.24. The van der Waals surface area contributed by atoms with Crippen LogP contribution in [-0.2, 0) is 0 Å². The van der Waals surface area contributed by atoms with Crippen LogP contribution in [0.25, 0.3) is 0 Å². The van der Waals surface area contributed by atoms with Gasteiger partial charge >= 0.3 is 6.01 Å². The zero-order chi connectivity index (χ0) is 13.5. The molecule has 0 saturated carbocycles. The highest BCUT2D eigenvalue weighted by atomic mass is 16.5. The Balaban J connectivity index is 1.69. The van der Waals surface area contributed by atoms with Crippen molar-refractivity contribution in [2.75, 3.05) is 18.5 Å². The molecule has 100 valence electrons. The van der Waals surface area contributed by atoms with Crippen LogP contribution in [0.5, 0.6) is 6.01 Å². The zero-order valence-corrected chi connectivity index (χ0v) is 11.1. The van der Waals surface area contributed by atoms with Gasteiger partial charge in [-0.1, -0.05) is 0 Å². The molecule has 0 bridgehead atoms. The van der Waals surface area contributed by atoms with E-state index in [4.69, 9.17) is 4.74 Å². The molecular weight excluding hydrogens is 242 g/mol. The van der Waals surface area contributed by atoms with Crippen molar-refractivity contribution in [3.8, 4) is 6.01 Å². The van der Waals surface area contributed by atoms with Gasteiger partial charge in [0.05, 0.1) is 6.61 Å². The lowest BCUT2D eigenvalue weighted by Gasteiger charge is -2.07. The van der Waals surface area contributed by atoms with Gasteiger partial charge in [-0.25, -0.2) is 19.9 Å². The SMILES string of the molecule is Cc1cc(NCCCOc2ncccn2)nc(C)n1. The summed E-state index contributed by atoms with van der Waals surface area (Å²) in [4.78, 5) is 16.5. The first-order valence-corrected chi connectivity index (χ1v) is 6.20. The second-order valence-corrected chi connectivity index (χ2v) is 4.10.